The minimum atomic E-state index is 0.370. The molecule has 0 aliphatic rings. The van der Waals surface area contributed by atoms with Crippen LogP contribution < -0.4 is 16.0 Å². The van der Waals surface area contributed by atoms with Gasteiger partial charge in [-0.15, -0.1) is 0 Å². The van der Waals surface area contributed by atoms with Gasteiger partial charge in [-0.2, -0.15) is 15.0 Å². The van der Waals surface area contributed by atoms with Crippen LogP contribution in [0.15, 0.2) is 72.8 Å². The zero-order valence-electron chi connectivity index (χ0n) is 33.9. The molecule has 0 radical (unpaired) electrons. The predicted molar refractivity (Wildman–Crippen MR) is 239 cm³/mol. The highest BCUT2D eigenvalue weighted by Crippen LogP contribution is 2.22. The highest BCUT2D eigenvalue weighted by Gasteiger charge is 2.09. The van der Waals surface area contributed by atoms with E-state index in [1.54, 1.807) is 0 Å². The van der Waals surface area contributed by atoms with E-state index in [9.17, 15) is 0 Å². The van der Waals surface area contributed by atoms with Gasteiger partial charge in [0.05, 0.1) is 0 Å². The number of unbranched alkanes of at least 4 members (excludes halogenated alkanes) is 12. The van der Waals surface area contributed by atoms with Crippen molar-refractivity contribution in [3.8, 4) is 71.0 Å². The molecule has 0 bridgehead atoms. The highest BCUT2D eigenvalue weighted by molar-refractivity contribution is 5.63. The standard InChI is InChI=1S/C51H54N6/c1-4-7-10-13-16-19-22-25-28-43-31-37-46(38-32-43)52-49-55-50(53-47-39-33-44(34-40-47)29-26-23-20-17-14-11-8-5-2)57-51(56-49)54-48-41-35-45(36-42-48)30-27-24-21-18-15-12-9-6-3/h31-42H,4-18H2,1-3H3,(H3,52,53,54,55,56,57). The lowest BCUT2D eigenvalue weighted by molar-refractivity contribution is 0.680. The Bertz CT molecular complexity index is 1930. The molecule has 0 saturated heterocycles. The van der Waals surface area contributed by atoms with Crippen molar-refractivity contribution in [2.24, 2.45) is 0 Å². The summed E-state index contributed by atoms with van der Waals surface area (Å²) < 4.78 is 0. The Hall–Kier alpha value is -6.57. The normalized spacial score (nSPS) is 9.53. The molecule has 0 unspecified atom stereocenters. The summed E-state index contributed by atoms with van der Waals surface area (Å²) >= 11 is 0. The van der Waals surface area contributed by atoms with Crippen molar-refractivity contribution in [3.63, 3.8) is 0 Å². The molecular weight excluding hydrogens is 697 g/mol. The van der Waals surface area contributed by atoms with Crippen LogP contribution in [0.1, 0.15) is 134 Å². The molecule has 3 aromatic carbocycles. The molecule has 288 valence electrons. The molecular formula is C51H54N6. The molecule has 0 amide bonds. The fraction of sp³-hybridized carbons (Fsp3) is 0.353. The summed E-state index contributed by atoms with van der Waals surface area (Å²) in [6.45, 7) is 6.64. The molecule has 0 saturated carbocycles. The number of anilines is 6. The van der Waals surface area contributed by atoms with E-state index in [0.29, 0.717) is 17.8 Å². The van der Waals surface area contributed by atoms with Crippen LogP contribution in [0.25, 0.3) is 0 Å². The fourth-order valence-electron chi connectivity index (χ4n) is 5.39. The zero-order chi connectivity index (χ0) is 40.0. The van der Waals surface area contributed by atoms with E-state index in [1.165, 1.54) is 57.8 Å². The summed E-state index contributed by atoms with van der Waals surface area (Å²) in [5, 5.41) is 9.95. The van der Waals surface area contributed by atoms with Gasteiger partial charge < -0.3 is 16.0 Å². The molecule has 57 heavy (non-hydrogen) atoms. The van der Waals surface area contributed by atoms with Gasteiger partial charge in [-0.3, -0.25) is 0 Å². The maximum atomic E-state index is 4.68. The SMILES string of the molecule is CCCCCCC#CC#Cc1ccc(Nc2nc(Nc3ccc(C#CC#CCCCCCC)cc3)nc(Nc3ccc(C#CC#CCCCCCC)cc3)n2)cc1. The second-order valence-corrected chi connectivity index (χ2v) is 13.5. The first-order valence-electron chi connectivity index (χ1n) is 20.5. The largest absolute Gasteiger partial charge is 0.324 e. The second kappa shape index (κ2) is 27.1. The molecule has 0 spiro atoms. The predicted octanol–water partition coefficient (Wildman–Crippen LogP) is 12.1. The maximum Gasteiger partial charge on any atom is 0.233 e. The van der Waals surface area contributed by atoms with Crippen molar-refractivity contribution >= 4 is 34.9 Å². The number of aromatic nitrogens is 3. The quantitative estimate of drug-likeness (QED) is 0.0694. The molecule has 6 heteroatoms. The van der Waals surface area contributed by atoms with Gasteiger partial charge in [0.2, 0.25) is 17.8 Å². The number of nitrogens with one attached hydrogen (secondary N) is 3. The monoisotopic (exact) mass is 750 g/mol. The molecule has 1 aromatic heterocycles. The van der Waals surface area contributed by atoms with Crippen molar-refractivity contribution in [1.29, 1.82) is 0 Å². The molecule has 3 N–H and O–H groups in total. The Morgan fingerprint density at radius 1 is 0.351 bits per heavy atom. The van der Waals surface area contributed by atoms with Crippen molar-refractivity contribution < 1.29 is 0 Å². The smallest absolute Gasteiger partial charge is 0.233 e. The lowest BCUT2D eigenvalue weighted by atomic mass is 10.1. The molecule has 4 rings (SSSR count). The zero-order valence-corrected chi connectivity index (χ0v) is 33.9. The van der Waals surface area contributed by atoms with Crippen LogP contribution >= 0.6 is 0 Å². The van der Waals surface area contributed by atoms with Crippen molar-refractivity contribution in [1.82, 2.24) is 15.0 Å². The Labute approximate surface area is 342 Å². The van der Waals surface area contributed by atoms with Gasteiger partial charge in [0, 0.05) is 53.0 Å². The van der Waals surface area contributed by atoms with Gasteiger partial charge in [0.15, 0.2) is 0 Å². The summed E-state index contributed by atoms with van der Waals surface area (Å²) in [5.74, 6) is 37.8. The Balaban J connectivity index is 1.45. The Morgan fingerprint density at radius 2 is 0.632 bits per heavy atom. The molecule has 0 fully saturated rings. The molecule has 1 heterocycles. The summed E-state index contributed by atoms with van der Waals surface area (Å²) in [5.41, 5.74) is 5.07. The second-order valence-electron chi connectivity index (χ2n) is 13.5. The van der Waals surface area contributed by atoms with Crippen molar-refractivity contribution in [2.45, 2.75) is 117 Å². The Morgan fingerprint density at radius 3 is 0.895 bits per heavy atom. The number of hydrogen-bond donors (Lipinski definition) is 3. The highest BCUT2D eigenvalue weighted by atomic mass is 15.3. The number of hydrogen-bond acceptors (Lipinski definition) is 6. The van der Waals surface area contributed by atoms with Crippen molar-refractivity contribution in [2.75, 3.05) is 16.0 Å². The van der Waals surface area contributed by atoms with E-state index in [4.69, 9.17) is 0 Å². The van der Waals surface area contributed by atoms with Gasteiger partial charge >= 0.3 is 0 Å². The van der Waals surface area contributed by atoms with Crippen LogP contribution in [0, 0.1) is 71.0 Å². The van der Waals surface area contributed by atoms with Gasteiger partial charge in [0.25, 0.3) is 0 Å². The van der Waals surface area contributed by atoms with Crippen LogP contribution in [-0.2, 0) is 0 Å². The average molecular weight is 751 g/mol. The third kappa shape index (κ3) is 18.5. The summed E-state index contributed by atoms with van der Waals surface area (Å²) in [4.78, 5) is 14.0. The molecule has 0 atom stereocenters. The average Bonchev–Trinajstić information content (AvgIpc) is 3.22. The van der Waals surface area contributed by atoms with Crippen LogP contribution in [0.5, 0.6) is 0 Å². The number of rotatable bonds is 18. The van der Waals surface area contributed by atoms with E-state index < -0.39 is 0 Å². The van der Waals surface area contributed by atoms with Gasteiger partial charge in [0.1, 0.15) is 0 Å². The number of benzene rings is 3. The van der Waals surface area contributed by atoms with E-state index in [0.717, 1.165) is 72.3 Å². The molecule has 6 nitrogen and oxygen atoms in total. The van der Waals surface area contributed by atoms with Crippen LogP contribution in [0.2, 0.25) is 0 Å². The van der Waals surface area contributed by atoms with Gasteiger partial charge in [-0.05, 0) is 128 Å². The van der Waals surface area contributed by atoms with Gasteiger partial charge in [-0.25, -0.2) is 0 Å². The molecule has 4 aromatic rings. The molecule has 0 aliphatic carbocycles. The van der Waals surface area contributed by atoms with E-state index in [-0.39, 0.29) is 0 Å². The molecule has 0 aliphatic heterocycles. The minimum absolute atomic E-state index is 0.370. The van der Waals surface area contributed by atoms with Crippen LogP contribution in [0.3, 0.4) is 0 Å². The summed E-state index contributed by atoms with van der Waals surface area (Å²) in [6, 6.07) is 23.4. The first-order chi connectivity index (χ1) is 28.1. The third-order valence-electron chi connectivity index (χ3n) is 8.60. The first kappa shape index (κ1) is 43.2. The topological polar surface area (TPSA) is 74.8 Å². The first-order valence-corrected chi connectivity index (χ1v) is 20.5. The lowest BCUT2D eigenvalue weighted by Crippen LogP contribution is -2.07. The number of nitrogens with zero attached hydrogens (tertiary/aromatic N) is 3. The minimum Gasteiger partial charge on any atom is -0.324 e. The van der Waals surface area contributed by atoms with Crippen molar-refractivity contribution in [3.05, 3.63) is 89.5 Å². The van der Waals surface area contributed by atoms with Crippen LogP contribution in [0.4, 0.5) is 34.9 Å². The van der Waals surface area contributed by atoms with Gasteiger partial charge in [-0.1, -0.05) is 114 Å². The Kier molecular flexibility index (Phi) is 20.5. The summed E-state index contributed by atoms with van der Waals surface area (Å²) in [6.07, 6.45) is 17.2. The van der Waals surface area contributed by atoms with Crippen LogP contribution in [-0.4, -0.2) is 15.0 Å². The lowest BCUT2D eigenvalue weighted by Gasteiger charge is -2.12. The maximum absolute atomic E-state index is 4.68. The summed E-state index contributed by atoms with van der Waals surface area (Å²) in [7, 11) is 0. The van der Waals surface area contributed by atoms with E-state index >= 15 is 0 Å². The third-order valence-corrected chi connectivity index (χ3v) is 8.60. The fourth-order valence-corrected chi connectivity index (χ4v) is 5.39. The van der Waals surface area contributed by atoms with E-state index in [2.05, 4.69) is 123 Å². The van der Waals surface area contributed by atoms with E-state index in [1.807, 2.05) is 72.8 Å².